The Morgan fingerprint density at radius 3 is 2.82 bits per heavy atom. The van der Waals surface area contributed by atoms with Crippen molar-refractivity contribution in [3.05, 3.63) is 23.5 Å². The van der Waals surface area contributed by atoms with E-state index in [-0.39, 0.29) is 0 Å². The zero-order valence-corrected chi connectivity index (χ0v) is 10.4. The van der Waals surface area contributed by atoms with E-state index in [1.165, 1.54) is 5.69 Å². The van der Waals surface area contributed by atoms with Gasteiger partial charge in [-0.15, -0.1) is 0 Å². The minimum absolute atomic E-state index is 0.527. The average molecular weight is 252 g/mol. The first-order valence-electron chi connectivity index (χ1n) is 5.70. The fourth-order valence-electron chi connectivity index (χ4n) is 2.18. The molecule has 0 aliphatic carbocycles. The summed E-state index contributed by atoms with van der Waals surface area (Å²) in [4.78, 5) is 6.65. The zero-order chi connectivity index (χ0) is 11.8. The molecular weight excluding hydrogens is 238 g/mol. The average Bonchev–Trinajstić information content (AvgIpc) is 2.66. The molecule has 0 atom stereocenters. The molecule has 0 radical (unpaired) electrons. The lowest BCUT2D eigenvalue weighted by Gasteiger charge is -2.28. The van der Waals surface area contributed by atoms with E-state index >= 15 is 0 Å². The van der Waals surface area contributed by atoms with Gasteiger partial charge < -0.3 is 14.2 Å². The van der Waals surface area contributed by atoms with Crippen LogP contribution in [0.4, 0.5) is 5.69 Å². The van der Waals surface area contributed by atoms with E-state index in [4.69, 9.17) is 16.3 Å². The number of hydrogen-bond donors (Lipinski definition) is 0. The summed E-state index contributed by atoms with van der Waals surface area (Å²) in [6.07, 6.45) is 0. The van der Waals surface area contributed by atoms with Gasteiger partial charge in [-0.25, -0.2) is 4.98 Å². The van der Waals surface area contributed by atoms with Gasteiger partial charge in [-0.1, -0.05) is 0 Å². The lowest BCUT2D eigenvalue weighted by molar-refractivity contribution is 0.122. The number of benzene rings is 1. The molecule has 0 bridgehead atoms. The van der Waals surface area contributed by atoms with Crippen LogP contribution in [0, 0.1) is 0 Å². The molecule has 1 aromatic heterocycles. The quantitative estimate of drug-likeness (QED) is 0.777. The van der Waals surface area contributed by atoms with Crippen molar-refractivity contribution in [1.29, 1.82) is 0 Å². The lowest BCUT2D eigenvalue weighted by atomic mass is 10.2. The van der Waals surface area contributed by atoms with Crippen molar-refractivity contribution in [2.45, 2.75) is 0 Å². The van der Waals surface area contributed by atoms with Gasteiger partial charge in [0.2, 0.25) is 5.28 Å². The van der Waals surface area contributed by atoms with Crippen LogP contribution in [0.2, 0.25) is 5.28 Å². The van der Waals surface area contributed by atoms with Gasteiger partial charge in [0.15, 0.2) is 0 Å². The van der Waals surface area contributed by atoms with Crippen molar-refractivity contribution in [2.24, 2.45) is 7.05 Å². The number of ether oxygens (including phenoxy) is 1. The maximum absolute atomic E-state index is 6.01. The van der Waals surface area contributed by atoms with Crippen LogP contribution in [-0.4, -0.2) is 35.9 Å². The number of aryl methyl sites for hydroxylation is 1. The van der Waals surface area contributed by atoms with E-state index in [1.807, 2.05) is 11.6 Å². The number of imidazole rings is 1. The molecule has 17 heavy (non-hydrogen) atoms. The van der Waals surface area contributed by atoms with Crippen molar-refractivity contribution in [1.82, 2.24) is 9.55 Å². The summed E-state index contributed by atoms with van der Waals surface area (Å²) in [6, 6.07) is 6.28. The van der Waals surface area contributed by atoms with Gasteiger partial charge in [0.1, 0.15) is 0 Å². The van der Waals surface area contributed by atoms with Crippen LogP contribution in [0.5, 0.6) is 0 Å². The second-order valence-corrected chi connectivity index (χ2v) is 4.55. The Balaban J connectivity index is 2.01. The lowest BCUT2D eigenvalue weighted by Crippen LogP contribution is -2.36. The van der Waals surface area contributed by atoms with Crippen LogP contribution in [0.25, 0.3) is 11.0 Å². The monoisotopic (exact) mass is 251 g/mol. The molecule has 4 nitrogen and oxygen atoms in total. The Labute approximate surface area is 105 Å². The van der Waals surface area contributed by atoms with Crippen molar-refractivity contribution in [3.8, 4) is 0 Å². The number of anilines is 1. The molecule has 1 aliphatic heterocycles. The van der Waals surface area contributed by atoms with Crippen LogP contribution < -0.4 is 4.90 Å². The molecule has 0 saturated carbocycles. The number of morpholine rings is 1. The summed E-state index contributed by atoms with van der Waals surface area (Å²) in [5.74, 6) is 0. The highest BCUT2D eigenvalue weighted by atomic mass is 35.5. The Morgan fingerprint density at radius 2 is 2.06 bits per heavy atom. The third kappa shape index (κ3) is 1.87. The second-order valence-electron chi connectivity index (χ2n) is 4.21. The maximum atomic E-state index is 6.01. The van der Waals surface area contributed by atoms with Gasteiger partial charge in [-0.05, 0) is 29.8 Å². The fraction of sp³-hybridized carbons (Fsp3) is 0.417. The normalized spacial score (nSPS) is 16.7. The molecular formula is C12H14ClN3O. The first-order valence-corrected chi connectivity index (χ1v) is 6.08. The van der Waals surface area contributed by atoms with E-state index in [0.717, 1.165) is 37.3 Å². The molecule has 0 unspecified atom stereocenters. The molecule has 2 heterocycles. The molecule has 3 rings (SSSR count). The highest BCUT2D eigenvalue weighted by molar-refractivity contribution is 6.29. The number of halogens is 1. The third-order valence-electron chi connectivity index (χ3n) is 3.19. The minimum Gasteiger partial charge on any atom is -0.378 e. The summed E-state index contributed by atoms with van der Waals surface area (Å²) >= 11 is 6.01. The summed E-state index contributed by atoms with van der Waals surface area (Å²) in [6.45, 7) is 3.46. The summed E-state index contributed by atoms with van der Waals surface area (Å²) in [5.41, 5.74) is 3.20. The zero-order valence-electron chi connectivity index (χ0n) is 9.69. The fourth-order valence-corrected chi connectivity index (χ4v) is 2.36. The molecule has 90 valence electrons. The molecule has 2 aromatic rings. The third-order valence-corrected chi connectivity index (χ3v) is 3.52. The SMILES string of the molecule is Cn1c(Cl)nc2cc(N3CCOCC3)ccc21. The van der Waals surface area contributed by atoms with Crippen LogP contribution >= 0.6 is 11.6 Å². The van der Waals surface area contributed by atoms with Crippen LogP contribution in [0.1, 0.15) is 0 Å². The topological polar surface area (TPSA) is 30.3 Å². The molecule has 0 N–H and O–H groups in total. The Bertz CT molecular complexity index is 546. The number of aromatic nitrogens is 2. The van der Waals surface area contributed by atoms with E-state index in [2.05, 4.69) is 28.1 Å². The number of rotatable bonds is 1. The summed E-state index contributed by atoms with van der Waals surface area (Å²) < 4.78 is 7.24. The van der Waals surface area contributed by atoms with Gasteiger partial charge in [0.05, 0.1) is 24.2 Å². The Kier molecular flexibility index (Phi) is 2.68. The van der Waals surface area contributed by atoms with Gasteiger partial charge in [-0.3, -0.25) is 0 Å². The van der Waals surface area contributed by atoms with Crippen molar-refractivity contribution < 1.29 is 4.74 Å². The van der Waals surface area contributed by atoms with E-state index < -0.39 is 0 Å². The summed E-state index contributed by atoms with van der Waals surface area (Å²) in [7, 11) is 1.92. The highest BCUT2D eigenvalue weighted by Gasteiger charge is 2.13. The van der Waals surface area contributed by atoms with E-state index in [1.54, 1.807) is 0 Å². The number of fused-ring (bicyclic) bond motifs is 1. The Hall–Kier alpha value is -1.26. The molecule has 1 saturated heterocycles. The molecule has 1 aliphatic rings. The van der Waals surface area contributed by atoms with Gasteiger partial charge >= 0.3 is 0 Å². The van der Waals surface area contributed by atoms with Gasteiger partial charge in [0.25, 0.3) is 0 Å². The minimum atomic E-state index is 0.527. The second kappa shape index (κ2) is 4.20. The predicted molar refractivity (Wildman–Crippen MR) is 68.8 cm³/mol. The van der Waals surface area contributed by atoms with Gasteiger partial charge in [-0.2, -0.15) is 0 Å². The smallest absolute Gasteiger partial charge is 0.203 e. The molecule has 1 aromatic carbocycles. The van der Waals surface area contributed by atoms with E-state index in [0.29, 0.717) is 5.28 Å². The number of hydrogen-bond acceptors (Lipinski definition) is 3. The number of nitrogens with zero attached hydrogens (tertiary/aromatic N) is 3. The van der Waals surface area contributed by atoms with Crippen molar-refractivity contribution >= 4 is 28.3 Å². The molecule has 0 amide bonds. The van der Waals surface area contributed by atoms with E-state index in [9.17, 15) is 0 Å². The van der Waals surface area contributed by atoms with Crippen LogP contribution in [0.3, 0.4) is 0 Å². The molecule has 0 spiro atoms. The first kappa shape index (κ1) is 10.9. The van der Waals surface area contributed by atoms with Gasteiger partial charge in [0, 0.05) is 25.8 Å². The maximum Gasteiger partial charge on any atom is 0.203 e. The predicted octanol–water partition coefficient (Wildman–Crippen LogP) is 2.06. The van der Waals surface area contributed by atoms with Crippen molar-refractivity contribution in [2.75, 3.05) is 31.2 Å². The van der Waals surface area contributed by atoms with Crippen molar-refractivity contribution in [3.63, 3.8) is 0 Å². The summed E-state index contributed by atoms with van der Waals surface area (Å²) in [5, 5.41) is 0.527. The highest BCUT2D eigenvalue weighted by Crippen LogP contribution is 2.24. The molecule has 1 fully saturated rings. The first-order chi connectivity index (χ1) is 8.25. The van der Waals surface area contributed by atoms with Crippen LogP contribution in [0.15, 0.2) is 18.2 Å². The molecule has 5 heteroatoms. The Morgan fingerprint density at radius 1 is 1.29 bits per heavy atom. The largest absolute Gasteiger partial charge is 0.378 e. The van der Waals surface area contributed by atoms with Crippen LogP contribution in [-0.2, 0) is 11.8 Å². The standard InChI is InChI=1S/C12H14ClN3O/c1-15-11-3-2-9(8-10(11)14-12(15)13)16-4-6-17-7-5-16/h2-3,8H,4-7H2,1H3.